The molecule has 0 radical (unpaired) electrons. The number of hydrogen-bond donors (Lipinski definition) is 2. The van der Waals surface area contributed by atoms with E-state index in [9.17, 15) is 9.59 Å². The lowest BCUT2D eigenvalue weighted by Gasteiger charge is -2.18. The van der Waals surface area contributed by atoms with Gasteiger partial charge in [-0.1, -0.05) is 25.1 Å². The predicted octanol–water partition coefficient (Wildman–Crippen LogP) is 3.77. The van der Waals surface area contributed by atoms with Crippen LogP contribution in [0.3, 0.4) is 0 Å². The Balaban J connectivity index is 1.81. The smallest absolute Gasteiger partial charge is 0.251 e. The summed E-state index contributed by atoms with van der Waals surface area (Å²) in [6, 6.07) is 6.03. The van der Waals surface area contributed by atoms with Crippen molar-refractivity contribution in [2.24, 2.45) is 11.7 Å². The summed E-state index contributed by atoms with van der Waals surface area (Å²) in [6.45, 7) is 6.30. The second kappa shape index (κ2) is 7.00. The van der Waals surface area contributed by atoms with E-state index in [4.69, 9.17) is 5.73 Å². The Morgan fingerprint density at radius 2 is 2.04 bits per heavy atom. The maximum Gasteiger partial charge on any atom is 0.251 e. The lowest BCUT2D eigenvalue weighted by atomic mass is 9.88. The van der Waals surface area contributed by atoms with Gasteiger partial charge in [-0.25, -0.2) is 0 Å². The summed E-state index contributed by atoms with van der Waals surface area (Å²) in [5.41, 5.74) is 10.5. The van der Waals surface area contributed by atoms with Crippen LogP contribution in [0.2, 0.25) is 0 Å². The summed E-state index contributed by atoms with van der Waals surface area (Å²) >= 11 is 1.51. The van der Waals surface area contributed by atoms with E-state index < -0.39 is 5.91 Å². The summed E-state index contributed by atoms with van der Waals surface area (Å²) < 4.78 is 0. The summed E-state index contributed by atoms with van der Waals surface area (Å²) in [6.07, 6.45) is 3.16. The number of nitrogens with one attached hydrogen (secondary N) is 1. The van der Waals surface area contributed by atoms with Crippen molar-refractivity contribution in [1.82, 2.24) is 0 Å². The summed E-state index contributed by atoms with van der Waals surface area (Å²) in [5.74, 6) is 0.0388. The van der Waals surface area contributed by atoms with Crippen LogP contribution in [0.15, 0.2) is 18.2 Å². The number of carbonyl (C=O) groups is 2. The molecule has 25 heavy (non-hydrogen) atoms. The van der Waals surface area contributed by atoms with Gasteiger partial charge in [-0.05, 0) is 61.3 Å². The zero-order valence-electron chi connectivity index (χ0n) is 14.9. The Hall–Kier alpha value is -2.14. The van der Waals surface area contributed by atoms with Crippen LogP contribution in [0.5, 0.6) is 0 Å². The number of anilines is 1. The second-order valence-electron chi connectivity index (χ2n) is 7.06. The molecular formula is C20H24N2O2S. The van der Waals surface area contributed by atoms with Gasteiger partial charge in [0.05, 0.1) is 12.0 Å². The molecule has 132 valence electrons. The van der Waals surface area contributed by atoms with Crippen molar-refractivity contribution in [2.75, 3.05) is 5.32 Å². The molecule has 0 aliphatic heterocycles. The largest absolute Gasteiger partial charge is 0.365 e. The second-order valence-corrected chi connectivity index (χ2v) is 8.17. The Labute approximate surface area is 152 Å². The topological polar surface area (TPSA) is 72.2 Å². The van der Waals surface area contributed by atoms with Gasteiger partial charge in [0.15, 0.2) is 0 Å². The van der Waals surface area contributed by atoms with E-state index in [1.807, 2.05) is 25.1 Å². The fraction of sp³-hybridized carbons (Fsp3) is 0.400. The minimum Gasteiger partial charge on any atom is -0.365 e. The molecule has 0 bridgehead atoms. The molecular weight excluding hydrogens is 332 g/mol. The zero-order chi connectivity index (χ0) is 18.1. The van der Waals surface area contributed by atoms with Crippen molar-refractivity contribution in [3.63, 3.8) is 0 Å². The van der Waals surface area contributed by atoms with Gasteiger partial charge in [-0.15, -0.1) is 11.3 Å². The van der Waals surface area contributed by atoms with E-state index in [2.05, 4.69) is 19.2 Å². The molecule has 3 N–H and O–H groups in total. The van der Waals surface area contributed by atoms with Crippen molar-refractivity contribution >= 4 is 28.2 Å². The third-order valence-corrected chi connectivity index (χ3v) is 6.12. The SMILES string of the molecule is Cc1ccc(CC(=O)Nc2sc3c(c2C(N)=O)CC[C@@H](C)C3)cc1C. The highest BCUT2D eigenvalue weighted by Gasteiger charge is 2.27. The Kier molecular flexibility index (Phi) is 4.95. The summed E-state index contributed by atoms with van der Waals surface area (Å²) in [7, 11) is 0. The molecule has 1 aliphatic rings. The number of nitrogens with two attached hydrogens (primary N) is 1. The average molecular weight is 356 g/mol. The molecule has 0 fully saturated rings. The van der Waals surface area contributed by atoms with Crippen molar-refractivity contribution < 1.29 is 9.59 Å². The number of carbonyl (C=O) groups excluding carboxylic acids is 2. The van der Waals surface area contributed by atoms with Crippen LogP contribution >= 0.6 is 11.3 Å². The Morgan fingerprint density at radius 1 is 1.28 bits per heavy atom. The minimum absolute atomic E-state index is 0.114. The number of primary amides is 1. The van der Waals surface area contributed by atoms with Crippen LogP contribution in [0.1, 0.15) is 50.8 Å². The third kappa shape index (κ3) is 3.76. The van der Waals surface area contributed by atoms with Gasteiger partial charge in [0, 0.05) is 4.88 Å². The van der Waals surface area contributed by atoms with Crippen LogP contribution in [0.25, 0.3) is 0 Å². The molecule has 1 aliphatic carbocycles. The van der Waals surface area contributed by atoms with Crippen molar-refractivity contribution in [3.05, 3.63) is 50.9 Å². The molecule has 5 heteroatoms. The predicted molar refractivity (Wildman–Crippen MR) is 102 cm³/mol. The molecule has 0 saturated carbocycles. The normalized spacial score (nSPS) is 16.4. The summed E-state index contributed by atoms with van der Waals surface area (Å²) in [5, 5.41) is 3.54. The molecule has 4 nitrogen and oxygen atoms in total. The lowest BCUT2D eigenvalue weighted by Crippen LogP contribution is -2.20. The number of rotatable bonds is 4. The molecule has 1 atom stereocenters. The maximum absolute atomic E-state index is 12.5. The van der Waals surface area contributed by atoms with Crippen LogP contribution in [0.4, 0.5) is 5.00 Å². The molecule has 0 spiro atoms. The first-order chi connectivity index (χ1) is 11.8. The molecule has 0 saturated heterocycles. The molecule has 3 rings (SSSR count). The van der Waals surface area contributed by atoms with E-state index >= 15 is 0 Å². The minimum atomic E-state index is -0.450. The monoisotopic (exact) mass is 356 g/mol. The van der Waals surface area contributed by atoms with Gasteiger partial charge >= 0.3 is 0 Å². The van der Waals surface area contributed by atoms with Crippen LogP contribution in [0, 0.1) is 19.8 Å². The standard InChI is InChI=1S/C20H24N2O2S/c1-11-4-7-15-16(8-11)25-20(18(15)19(21)24)22-17(23)10-14-6-5-12(2)13(3)9-14/h5-6,9,11H,4,7-8,10H2,1-3H3,(H2,21,24)(H,22,23)/t11-/m1/s1. The van der Waals surface area contributed by atoms with E-state index in [0.717, 1.165) is 30.4 Å². The number of benzene rings is 1. The van der Waals surface area contributed by atoms with Gasteiger partial charge in [0.1, 0.15) is 5.00 Å². The van der Waals surface area contributed by atoms with Gasteiger partial charge in [0.25, 0.3) is 5.91 Å². The first-order valence-electron chi connectivity index (χ1n) is 8.65. The van der Waals surface area contributed by atoms with E-state index in [0.29, 0.717) is 16.5 Å². The first kappa shape index (κ1) is 17.7. The lowest BCUT2D eigenvalue weighted by molar-refractivity contribution is -0.115. The van der Waals surface area contributed by atoms with Crippen LogP contribution in [-0.2, 0) is 24.1 Å². The summed E-state index contributed by atoms with van der Waals surface area (Å²) in [4.78, 5) is 25.6. The van der Waals surface area contributed by atoms with Gasteiger partial charge < -0.3 is 11.1 Å². The molecule has 2 aromatic rings. The van der Waals surface area contributed by atoms with Crippen molar-refractivity contribution in [2.45, 2.75) is 46.5 Å². The fourth-order valence-electron chi connectivity index (χ4n) is 3.37. The number of fused-ring (bicyclic) bond motifs is 1. The first-order valence-corrected chi connectivity index (χ1v) is 9.47. The molecule has 0 unspecified atom stereocenters. The highest BCUT2D eigenvalue weighted by atomic mass is 32.1. The highest BCUT2D eigenvalue weighted by molar-refractivity contribution is 7.17. The Morgan fingerprint density at radius 3 is 2.72 bits per heavy atom. The van der Waals surface area contributed by atoms with Crippen molar-refractivity contribution in [3.8, 4) is 0 Å². The van der Waals surface area contributed by atoms with Gasteiger partial charge in [0.2, 0.25) is 5.91 Å². The van der Waals surface area contributed by atoms with E-state index in [1.54, 1.807) is 0 Å². The number of amides is 2. The third-order valence-electron chi connectivity index (χ3n) is 4.95. The number of thiophene rings is 1. The average Bonchev–Trinajstić information content (AvgIpc) is 2.87. The van der Waals surface area contributed by atoms with Gasteiger partial charge in [-0.2, -0.15) is 0 Å². The van der Waals surface area contributed by atoms with E-state index in [-0.39, 0.29) is 12.3 Å². The maximum atomic E-state index is 12.5. The molecule has 1 aromatic heterocycles. The van der Waals surface area contributed by atoms with Crippen LogP contribution in [-0.4, -0.2) is 11.8 Å². The molecule has 2 amide bonds. The zero-order valence-corrected chi connectivity index (χ0v) is 15.8. The molecule has 1 aromatic carbocycles. The van der Waals surface area contributed by atoms with Gasteiger partial charge in [-0.3, -0.25) is 9.59 Å². The fourth-order valence-corrected chi connectivity index (χ4v) is 4.80. The Bertz CT molecular complexity index is 838. The highest BCUT2D eigenvalue weighted by Crippen LogP contribution is 2.39. The van der Waals surface area contributed by atoms with Crippen LogP contribution < -0.4 is 11.1 Å². The van der Waals surface area contributed by atoms with Crippen molar-refractivity contribution in [1.29, 1.82) is 0 Å². The quantitative estimate of drug-likeness (QED) is 0.875. The number of hydrogen-bond acceptors (Lipinski definition) is 3. The molecule has 1 heterocycles. The number of aryl methyl sites for hydroxylation is 2. The van der Waals surface area contributed by atoms with E-state index in [1.165, 1.54) is 27.3 Å².